The Bertz CT molecular complexity index is 2330. The van der Waals surface area contributed by atoms with Crippen LogP contribution in [0.15, 0.2) is 182 Å². The molecule has 8 aromatic carbocycles. The molecule has 0 fully saturated rings. The van der Waals surface area contributed by atoms with Crippen molar-refractivity contribution < 1.29 is 15.3 Å². The summed E-state index contributed by atoms with van der Waals surface area (Å²) in [6.45, 7) is 0. The maximum absolute atomic E-state index is 12.9. The summed E-state index contributed by atoms with van der Waals surface area (Å²) in [5.41, 5.74) is 0.890. The van der Waals surface area contributed by atoms with Crippen molar-refractivity contribution in [2.24, 2.45) is 0 Å². The van der Waals surface area contributed by atoms with E-state index in [-0.39, 0.29) is 11.5 Å². The minimum atomic E-state index is -1.70. The molecule has 0 spiro atoms. The number of aromatic hydroxyl groups is 2. The molecule has 8 rings (SSSR count). The highest BCUT2D eigenvalue weighted by atomic mass is 31.1. The molecule has 0 aliphatic rings. The Hall–Kier alpha value is -5.73. The van der Waals surface area contributed by atoms with Gasteiger partial charge < -0.3 is 15.3 Å². The zero-order chi connectivity index (χ0) is 33.4. The quantitative estimate of drug-likeness (QED) is 0.119. The van der Waals surface area contributed by atoms with Crippen molar-refractivity contribution in [3.63, 3.8) is 0 Å². The fourth-order valence-corrected chi connectivity index (χ4v) is 9.42. The van der Waals surface area contributed by atoms with Gasteiger partial charge in [-0.1, -0.05) is 170 Å². The minimum Gasteiger partial charge on any atom is -0.507 e. The van der Waals surface area contributed by atoms with Crippen molar-refractivity contribution in [2.75, 3.05) is 0 Å². The van der Waals surface area contributed by atoms with Crippen LogP contribution in [0.25, 0.3) is 32.7 Å². The lowest BCUT2D eigenvalue weighted by molar-refractivity contribution is 0.122. The summed E-state index contributed by atoms with van der Waals surface area (Å²) >= 11 is 0. The van der Waals surface area contributed by atoms with E-state index in [1.165, 1.54) is 0 Å². The van der Waals surface area contributed by atoms with E-state index in [1.807, 2.05) is 146 Å². The molecule has 3 N–H and O–H groups in total. The predicted octanol–water partition coefficient (Wildman–Crippen LogP) is 9.11. The van der Waals surface area contributed by atoms with Gasteiger partial charge in [0.2, 0.25) is 0 Å². The lowest BCUT2D eigenvalue weighted by Gasteiger charge is -2.32. The molecule has 0 atom stereocenters. The molecule has 0 radical (unpaired) electrons. The Kier molecular flexibility index (Phi) is 7.93. The van der Waals surface area contributed by atoms with E-state index in [0.717, 1.165) is 37.5 Å². The Labute approximate surface area is 286 Å². The van der Waals surface area contributed by atoms with Crippen LogP contribution in [-0.4, -0.2) is 15.3 Å². The van der Waals surface area contributed by atoms with Crippen molar-refractivity contribution in [1.29, 1.82) is 0 Å². The molecule has 8 aromatic rings. The highest BCUT2D eigenvalue weighted by Gasteiger charge is 2.38. The number of phenols is 2. The van der Waals surface area contributed by atoms with Gasteiger partial charge in [-0.3, -0.25) is 0 Å². The molecule has 4 heteroatoms. The van der Waals surface area contributed by atoms with Crippen LogP contribution in [0.5, 0.6) is 11.5 Å². The first-order valence-electron chi connectivity index (χ1n) is 16.3. The number of aliphatic hydroxyl groups is 1. The van der Waals surface area contributed by atoms with Crippen molar-refractivity contribution in [2.45, 2.75) is 5.60 Å². The summed E-state index contributed by atoms with van der Waals surface area (Å²) in [5, 5.41) is 44.7. The standard InChI is InChI=1S/C45H33O3P/c46-43-39(45(48,33-19-5-1-6-20-33)34-21-7-2-8-22-34)29-31-17-13-15-27-37(31)41(43)42-38-28-16-14-18-32(38)30-40(44(42)47)49(35-23-9-3-10-24-35)36-25-11-4-12-26-36/h1-30,46-48H. The van der Waals surface area contributed by atoms with Gasteiger partial charge in [-0.15, -0.1) is 0 Å². The Morgan fingerprint density at radius 2 is 0.796 bits per heavy atom. The van der Waals surface area contributed by atoms with E-state index in [9.17, 15) is 15.3 Å². The molecule has 0 saturated carbocycles. The average Bonchev–Trinajstić information content (AvgIpc) is 3.17. The van der Waals surface area contributed by atoms with E-state index in [0.29, 0.717) is 27.8 Å². The molecule has 49 heavy (non-hydrogen) atoms. The largest absolute Gasteiger partial charge is 0.507 e. The Morgan fingerprint density at radius 3 is 1.29 bits per heavy atom. The Balaban J connectivity index is 1.50. The molecule has 0 heterocycles. The molecule has 3 nitrogen and oxygen atoms in total. The summed E-state index contributed by atoms with van der Waals surface area (Å²) < 4.78 is 0. The van der Waals surface area contributed by atoms with Gasteiger partial charge in [0.1, 0.15) is 17.1 Å². The first-order valence-corrected chi connectivity index (χ1v) is 17.6. The van der Waals surface area contributed by atoms with Crippen LogP contribution in [0.2, 0.25) is 0 Å². The predicted molar refractivity (Wildman–Crippen MR) is 204 cm³/mol. The third-order valence-electron chi connectivity index (χ3n) is 9.32. The van der Waals surface area contributed by atoms with Crippen LogP contribution < -0.4 is 15.9 Å². The molecule has 0 aliphatic heterocycles. The highest BCUT2D eigenvalue weighted by molar-refractivity contribution is 7.80. The third-order valence-corrected chi connectivity index (χ3v) is 11.8. The maximum Gasteiger partial charge on any atom is 0.144 e. The van der Waals surface area contributed by atoms with Gasteiger partial charge in [0.05, 0.1) is 0 Å². The number of rotatable bonds is 7. The van der Waals surface area contributed by atoms with Gasteiger partial charge >= 0.3 is 0 Å². The minimum absolute atomic E-state index is 0.0877. The SMILES string of the molecule is Oc1c(P(c2ccccc2)c2ccccc2)cc2ccccc2c1-c1c(O)c(C(O)(c2ccccc2)c2ccccc2)cc2ccccc12. The summed E-state index contributed by atoms with van der Waals surface area (Å²) in [4.78, 5) is 0. The van der Waals surface area contributed by atoms with Crippen molar-refractivity contribution >= 4 is 45.4 Å². The van der Waals surface area contributed by atoms with Gasteiger partial charge in [-0.05, 0) is 63.3 Å². The monoisotopic (exact) mass is 652 g/mol. The second-order valence-corrected chi connectivity index (χ2v) is 14.3. The summed E-state index contributed by atoms with van der Waals surface area (Å²) in [7, 11) is -1.18. The normalized spacial score (nSPS) is 11.7. The van der Waals surface area contributed by atoms with Crippen LogP contribution >= 0.6 is 7.92 Å². The molecule has 0 bridgehead atoms. The fourth-order valence-electron chi connectivity index (χ4n) is 7.03. The Morgan fingerprint density at radius 1 is 0.408 bits per heavy atom. The molecule has 236 valence electrons. The molecule has 0 amide bonds. The van der Waals surface area contributed by atoms with Crippen LogP contribution in [0.3, 0.4) is 0 Å². The van der Waals surface area contributed by atoms with Crippen LogP contribution in [0.4, 0.5) is 0 Å². The lowest BCUT2D eigenvalue weighted by atomic mass is 9.77. The van der Waals surface area contributed by atoms with Crippen molar-refractivity contribution in [1.82, 2.24) is 0 Å². The topological polar surface area (TPSA) is 60.7 Å². The van der Waals surface area contributed by atoms with Crippen LogP contribution in [-0.2, 0) is 5.60 Å². The van der Waals surface area contributed by atoms with E-state index in [1.54, 1.807) is 0 Å². The van der Waals surface area contributed by atoms with E-state index in [4.69, 9.17) is 0 Å². The first kappa shape index (κ1) is 30.6. The zero-order valence-corrected chi connectivity index (χ0v) is 27.5. The number of hydrogen-bond acceptors (Lipinski definition) is 3. The second-order valence-electron chi connectivity index (χ2n) is 12.2. The summed E-state index contributed by atoms with van der Waals surface area (Å²) in [5.74, 6) is 0.0216. The summed E-state index contributed by atoms with van der Waals surface area (Å²) in [6.07, 6.45) is 0. The smallest absolute Gasteiger partial charge is 0.144 e. The van der Waals surface area contributed by atoms with Crippen LogP contribution in [0.1, 0.15) is 16.7 Å². The number of phenolic OH excluding ortho intramolecular Hbond substituents is 2. The van der Waals surface area contributed by atoms with Gasteiger partial charge in [0, 0.05) is 22.0 Å². The van der Waals surface area contributed by atoms with E-state index in [2.05, 4.69) is 36.4 Å². The molecule has 0 unspecified atom stereocenters. The second kappa shape index (κ2) is 12.7. The van der Waals surface area contributed by atoms with E-state index >= 15 is 0 Å². The number of fused-ring (bicyclic) bond motifs is 2. The van der Waals surface area contributed by atoms with Crippen molar-refractivity contribution in [3.8, 4) is 22.6 Å². The molecule has 0 aromatic heterocycles. The first-order chi connectivity index (χ1) is 24.1. The fraction of sp³-hybridized carbons (Fsp3) is 0.0222. The third kappa shape index (κ3) is 5.25. The maximum atomic E-state index is 12.9. The molecular formula is C45H33O3P. The molecule has 0 saturated heterocycles. The van der Waals surface area contributed by atoms with Crippen molar-refractivity contribution in [3.05, 3.63) is 199 Å². The highest BCUT2D eigenvalue weighted by Crippen LogP contribution is 2.52. The summed E-state index contributed by atoms with van der Waals surface area (Å²) in [6, 6.07) is 59.3. The lowest BCUT2D eigenvalue weighted by Crippen LogP contribution is -2.29. The van der Waals surface area contributed by atoms with Gasteiger partial charge in [-0.2, -0.15) is 0 Å². The van der Waals surface area contributed by atoms with E-state index < -0.39 is 13.5 Å². The zero-order valence-electron chi connectivity index (χ0n) is 26.6. The van der Waals surface area contributed by atoms with Gasteiger partial charge in [0.25, 0.3) is 0 Å². The number of hydrogen-bond donors (Lipinski definition) is 3. The molecular weight excluding hydrogens is 619 g/mol. The molecule has 0 aliphatic carbocycles. The number of benzene rings is 8. The average molecular weight is 653 g/mol. The van der Waals surface area contributed by atoms with Gasteiger partial charge in [-0.25, -0.2) is 0 Å². The van der Waals surface area contributed by atoms with Crippen LogP contribution in [0, 0.1) is 0 Å². The van der Waals surface area contributed by atoms with Gasteiger partial charge in [0.15, 0.2) is 0 Å².